The number of fused-ring (bicyclic) bond motifs is 3. The lowest BCUT2D eigenvalue weighted by Gasteiger charge is -2.15. The van der Waals surface area contributed by atoms with Crippen LogP contribution in [0.1, 0.15) is 86.2 Å². The number of benzene rings is 2. The first kappa shape index (κ1) is 31.3. The summed E-state index contributed by atoms with van der Waals surface area (Å²) in [6.07, 6.45) is 4.43. The largest absolute Gasteiger partial charge is 0.465 e. The highest BCUT2D eigenvalue weighted by Gasteiger charge is 2.33. The topological polar surface area (TPSA) is 102 Å². The normalized spacial score (nSPS) is 13.3. The van der Waals surface area contributed by atoms with E-state index in [0.717, 1.165) is 41.5 Å². The molecule has 39 heavy (non-hydrogen) atoms. The fraction of sp³-hybridized carbons (Fsp3) is 0.448. The number of hydrogen-bond acceptors (Lipinski definition) is 5. The van der Waals surface area contributed by atoms with Crippen LogP contribution in [0.5, 0.6) is 0 Å². The summed E-state index contributed by atoms with van der Waals surface area (Å²) in [7, 11) is 2.59. The zero-order valence-electron chi connectivity index (χ0n) is 22.7. The molecule has 2 aromatic carbocycles. The standard InChI is InChI=1S/C29H37BIN2O5P/c1-3-5-10-25(34)22-9-6-8-20-24(18-38-28(37)17-30(31)39)23-16-19(13-14-21(23)29(20)22)33-27(36)12-7-11-26(35)32-15-4-2/h6,8-9,13-14,16,24H,3-5,7,10-12,15,17-18,39H2,1-2H3,(H,32,35)(H,33,36). The number of carbonyl (C=O) groups excluding carboxylic acids is 4. The Balaban J connectivity index is 1.82. The van der Waals surface area contributed by atoms with Crippen molar-refractivity contribution in [3.8, 4) is 11.1 Å². The van der Waals surface area contributed by atoms with Crippen molar-refractivity contribution in [3.05, 3.63) is 53.1 Å². The number of ketones is 1. The molecule has 0 bridgehead atoms. The maximum Gasteiger partial charge on any atom is 0.299 e. The van der Waals surface area contributed by atoms with Gasteiger partial charge < -0.3 is 15.4 Å². The van der Waals surface area contributed by atoms with Gasteiger partial charge in [-0.15, -0.1) is 22.4 Å². The average molecular weight is 662 g/mol. The number of hydrogen-bond donors (Lipinski definition) is 2. The minimum absolute atomic E-state index is 0.0443. The number of unbranched alkanes of at least 4 members (excludes halogenated alkanes) is 1. The molecule has 0 fully saturated rings. The number of rotatable bonds is 15. The number of amides is 2. The second-order valence-electron chi connectivity index (χ2n) is 9.81. The van der Waals surface area contributed by atoms with Crippen molar-refractivity contribution in [1.29, 1.82) is 0 Å². The highest BCUT2D eigenvalue weighted by Crippen LogP contribution is 2.48. The number of ether oxygens (including phenoxy) is 1. The fourth-order valence-corrected chi connectivity index (χ4v) is 5.30. The van der Waals surface area contributed by atoms with E-state index in [4.69, 9.17) is 4.74 Å². The van der Waals surface area contributed by atoms with Crippen LogP contribution < -0.4 is 10.6 Å². The van der Waals surface area contributed by atoms with E-state index in [1.165, 1.54) is 0 Å². The molecule has 0 aromatic heterocycles. The molecule has 1 aliphatic rings. The van der Waals surface area contributed by atoms with Crippen molar-refractivity contribution < 1.29 is 23.9 Å². The number of carbonyl (C=O) groups is 4. The molecule has 2 aromatic rings. The molecule has 208 valence electrons. The Bertz CT molecular complexity index is 1210. The van der Waals surface area contributed by atoms with E-state index in [0.29, 0.717) is 43.4 Å². The monoisotopic (exact) mass is 662 g/mol. The van der Waals surface area contributed by atoms with Crippen molar-refractivity contribution in [2.45, 2.75) is 71.0 Å². The van der Waals surface area contributed by atoms with Gasteiger partial charge in [-0.3, -0.25) is 19.2 Å². The van der Waals surface area contributed by atoms with E-state index in [9.17, 15) is 19.2 Å². The lowest BCUT2D eigenvalue weighted by molar-refractivity contribution is -0.141. The summed E-state index contributed by atoms with van der Waals surface area (Å²) in [5.74, 6) is -0.623. The maximum atomic E-state index is 13.1. The molecule has 0 aliphatic heterocycles. The molecular formula is C29H37BIN2O5P. The summed E-state index contributed by atoms with van der Waals surface area (Å²) >= 11 is 2.16. The molecule has 0 spiro atoms. The lowest BCUT2D eigenvalue weighted by Crippen LogP contribution is -2.24. The van der Waals surface area contributed by atoms with Crippen molar-refractivity contribution >= 4 is 65.0 Å². The van der Waals surface area contributed by atoms with Gasteiger partial charge in [-0.25, -0.2) is 0 Å². The second-order valence-corrected chi connectivity index (χ2v) is 13.6. The van der Waals surface area contributed by atoms with Crippen LogP contribution in [0.4, 0.5) is 5.69 Å². The van der Waals surface area contributed by atoms with E-state index in [2.05, 4.69) is 49.0 Å². The number of anilines is 1. The molecule has 2 N–H and O–H groups in total. The Morgan fingerprint density at radius 2 is 1.74 bits per heavy atom. The third kappa shape index (κ3) is 8.87. The van der Waals surface area contributed by atoms with Gasteiger partial charge in [0.1, 0.15) is 6.61 Å². The Morgan fingerprint density at radius 1 is 0.974 bits per heavy atom. The minimum atomic E-state index is -0.276. The summed E-state index contributed by atoms with van der Waals surface area (Å²) in [4.78, 5) is 49.9. The van der Waals surface area contributed by atoms with E-state index in [-0.39, 0.29) is 46.8 Å². The molecule has 7 nitrogen and oxygen atoms in total. The van der Waals surface area contributed by atoms with Gasteiger partial charge in [0.15, 0.2) is 5.78 Å². The molecule has 2 atom stereocenters. The lowest BCUT2D eigenvalue weighted by atomic mass is 9.93. The molecule has 0 saturated heterocycles. The first-order valence-electron chi connectivity index (χ1n) is 13.7. The summed E-state index contributed by atoms with van der Waals surface area (Å²) in [5, 5.41) is 5.76. The van der Waals surface area contributed by atoms with Crippen molar-refractivity contribution in [2.75, 3.05) is 18.5 Å². The summed E-state index contributed by atoms with van der Waals surface area (Å²) in [5.41, 5.74) is 5.01. The zero-order valence-corrected chi connectivity index (χ0v) is 26.0. The van der Waals surface area contributed by atoms with Crippen LogP contribution in [0.3, 0.4) is 0 Å². The molecule has 1 aliphatic carbocycles. The van der Waals surface area contributed by atoms with Gasteiger partial charge in [-0.05, 0) is 53.6 Å². The summed E-state index contributed by atoms with van der Waals surface area (Å²) in [6, 6.07) is 11.4. The van der Waals surface area contributed by atoms with Crippen molar-refractivity contribution in [2.24, 2.45) is 0 Å². The Kier molecular flexibility index (Phi) is 12.4. The second kappa shape index (κ2) is 15.5. The number of esters is 1. The minimum Gasteiger partial charge on any atom is -0.465 e. The average Bonchev–Trinajstić information content (AvgIpc) is 3.21. The fourth-order valence-electron chi connectivity index (χ4n) is 4.75. The van der Waals surface area contributed by atoms with Crippen molar-refractivity contribution in [3.63, 3.8) is 0 Å². The van der Waals surface area contributed by atoms with Crippen LogP contribution >= 0.6 is 31.5 Å². The molecule has 0 heterocycles. The molecule has 2 amide bonds. The van der Waals surface area contributed by atoms with Crippen LogP contribution in [0.2, 0.25) is 6.32 Å². The smallest absolute Gasteiger partial charge is 0.299 e. The molecule has 2 unspecified atom stereocenters. The Morgan fingerprint density at radius 3 is 2.46 bits per heavy atom. The SMILES string of the molecule is CCCCC(=O)c1cccc2c1-c1ccc(NC(=O)CCCC(=O)NCCC)cc1C2COC(=O)CB(P)I. The first-order chi connectivity index (χ1) is 18.7. The number of Topliss-reactive ketones (excluding diaryl/α,β-unsaturated/α-hetero) is 1. The molecule has 3 rings (SSSR count). The Hall–Kier alpha value is -2.26. The van der Waals surface area contributed by atoms with Gasteiger partial charge in [-0.1, -0.05) is 44.5 Å². The van der Waals surface area contributed by atoms with Crippen LogP contribution in [0.15, 0.2) is 36.4 Å². The summed E-state index contributed by atoms with van der Waals surface area (Å²) < 4.78 is 5.76. The zero-order chi connectivity index (χ0) is 28.4. The van der Waals surface area contributed by atoms with E-state index in [1.54, 1.807) is 0 Å². The first-order valence-corrected chi connectivity index (χ1v) is 15.6. The van der Waals surface area contributed by atoms with Gasteiger partial charge in [-0.2, -0.15) is 9.12 Å². The van der Waals surface area contributed by atoms with Crippen LogP contribution in [-0.4, -0.2) is 41.0 Å². The van der Waals surface area contributed by atoms with Gasteiger partial charge in [0.2, 0.25) is 11.8 Å². The van der Waals surface area contributed by atoms with Gasteiger partial charge >= 0.3 is 0 Å². The van der Waals surface area contributed by atoms with Crippen LogP contribution in [0, 0.1) is 0 Å². The Labute approximate surface area is 247 Å². The van der Waals surface area contributed by atoms with Gasteiger partial charge in [0.05, 0.1) is 0 Å². The molecule has 10 heteroatoms. The molecule has 0 saturated carbocycles. The highest BCUT2D eigenvalue weighted by atomic mass is 127. The number of nitrogens with one attached hydrogen (secondary N) is 2. The van der Waals surface area contributed by atoms with Gasteiger partial charge in [0, 0.05) is 49.3 Å². The maximum absolute atomic E-state index is 13.1. The quantitative estimate of drug-likeness (QED) is 0.0784. The van der Waals surface area contributed by atoms with E-state index in [1.807, 2.05) is 43.3 Å². The van der Waals surface area contributed by atoms with Crippen LogP contribution in [0.25, 0.3) is 11.1 Å². The number of halogens is 1. The predicted octanol–water partition coefficient (Wildman–Crippen LogP) is 6.15. The third-order valence-corrected chi connectivity index (χ3v) is 7.34. The van der Waals surface area contributed by atoms with Crippen LogP contribution in [-0.2, 0) is 19.1 Å². The highest BCUT2D eigenvalue weighted by molar-refractivity contribution is 14.1. The predicted molar refractivity (Wildman–Crippen MR) is 169 cm³/mol. The van der Waals surface area contributed by atoms with Crippen molar-refractivity contribution in [1.82, 2.24) is 5.32 Å². The summed E-state index contributed by atoms with van der Waals surface area (Å²) in [6.45, 7) is 4.85. The van der Waals surface area contributed by atoms with E-state index < -0.39 is 0 Å². The third-order valence-electron chi connectivity index (χ3n) is 6.66. The molecular weight excluding hydrogens is 625 g/mol. The van der Waals surface area contributed by atoms with Gasteiger partial charge in [0.25, 0.3) is 10.3 Å². The van der Waals surface area contributed by atoms with E-state index >= 15 is 0 Å². The molecule has 0 radical (unpaired) electrons.